The van der Waals surface area contributed by atoms with Gasteiger partial charge >= 0.3 is 0 Å². The molecule has 37 heavy (non-hydrogen) atoms. The summed E-state index contributed by atoms with van der Waals surface area (Å²) in [7, 11) is 1.86. The molecule has 1 aliphatic rings. The molecule has 6 rings (SSSR count). The molecule has 0 saturated carbocycles. The molecule has 1 saturated heterocycles. The Kier molecular flexibility index (Phi) is 6.11. The van der Waals surface area contributed by atoms with E-state index in [4.69, 9.17) is 4.74 Å². The number of aromatic nitrogens is 5. The number of anilines is 2. The van der Waals surface area contributed by atoms with Crippen molar-refractivity contribution in [2.75, 3.05) is 36.5 Å². The average molecular weight is 494 g/mol. The van der Waals surface area contributed by atoms with E-state index in [1.807, 2.05) is 67.7 Å². The third-order valence-electron chi connectivity index (χ3n) is 6.58. The van der Waals surface area contributed by atoms with Gasteiger partial charge < -0.3 is 19.9 Å². The number of hydrogen-bond donors (Lipinski definition) is 2. The van der Waals surface area contributed by atoms with Gasteiger partial charge in [0.2, 0.25) is 5.91 Å². The monoisotopic (exact) mass is 493 g/mol. The summed E-state index contributed by atoms with van der Waals surface area (Å²) in [6.07, 6.45) is 1.83. The number of morpholine rings is 1. The minimum atomic E-state index is -0.0913. The Bertz CT molecular complexity index is 1530. The summed E-state index contributed by atoms with van der Waals surface area (Å²) in [6.45, 7) is 3.02. The van der Waals surface area contributed by atoms with Crippen LogP contribution in [-0.4, -0.2) is 56.9 Å². The molecule has 0 radical (unpaired) electrons. The van der Waals surface area contributed by atoms with Crippen molar-refractivity contribution >= 4 is 28.4 Å². The Morgan fingerprint density at radius 1 is 1.00 bits per heavy atom. The lowest BCUT2D eigenvalue weighted by Gasteiger charge is -2.27. The van der Waals surface area contributed by atoms with E-state index in [0.29, 0.717) is 13.2 Å². The smallest absolute Gasteiger partial charge is 0.230 e. The molecule has 186 valence electrons. The fourth-order valence-electron chi connectivity index (χ4n) is 4.63. The van der Waals surface area contributed by atoms with Crippen molar-refractivity contribution in [1.82, 2.24) is 24.7 Å². The van der Waals surface area contributed by atoms with Gasteiger partial charge in [0.1, 0.15) is 17.8 Å². The van der Waals surface area contributed by atoms with Gasteiger partial charge in [-0.05, 0) is 29.8 Å². The lowest BCUT2D eigenvalue weighted by atomic mass is 10.1. The summed E-state index contributed by atoms with van der Waals surface area (Å²) in [4.78, 5) is 27.3. The molecule has 2 N–H and O–H groups in total. The number of nitrogens with one attached hydrogen (secondary N) is 2. The van der Waals surface area contributed by atoms with Crippen LogP contribution in [0.4, 0.5) is 11.5 Å². The molecule has 1 amide bonds. The molecule has 2 aromatic carbocycles. The Morgan fingerprint density at radius 2 is 1.78 bits per heavy atom. The van der Waals surface area contributed by atoms with Gasteiger partial charge in [0.15, 0.2) is 0 Å². The number of carbonyl (C=O) groups excluding carboxylic acids is 1. The molecule has 9 heteroatoms. The molecule has 1 aliphatic heterocycles. The number of rotatable bonds is 6. The van der Waals surface area contributed by atoms with E-state index in [1.54, 1.807) is 11.0 Å². The van der Waals surface area contributed by atoms with E-state index >= 15 is 0 Å². The topological polar surface area (TPSA) is 101 Å². The van der Waals surface area contributed by atoms with E-state index in [9.17, 15) is 4.79 Å². The molecular formula is C28H27N7O2. The fraction of sp³-hybridized carbons (Fsp3) is 0.214. The number of amides is 1. The fourth-order valence-corrected chi connectivity index (χ4v) is 4.63. The number of ether oxygens (including phenoxy) is 1. The predicted octanol–water partition coefficient (Wildman–Crippen LogP) is 4.04. The maximum atomic E-state index is 12.8. The van der Waals surface area contributed by atoms with Crippen molar-refractivity contribution in [3.8, 4) is 22.5 Å². The first-order valence-corrected chi connectivity index (χ1v) is 12.3. The molecular weight excluding hydrogens is 466 g/mol. The first-order chi connectivity index (χ1) is 18.1. The molecule has 0 bridgehead atoms. The van der Waals surface area contributed by atoms with Crippen LogP contribution in [0.25, 0.3) is 33.5 Å². The van der Waals surface area contributed by atoms with Gasteiger partial charge in [-0.3, -0.25) is 9.48 Å². The van der Waals surface area contributed by atoms with E-state index in [0.717, 1.165) is 63.8 Å². The van der Waals surface area contributed by atoms with Crippen molar-refractivity contribution < 1.29 is 9.53 Å². The second-order valence-electron chi connectivity index (χ2n) is 9.05. The lowest BCUT2D eigenvalue weighted by Crippen LogP contribution is -2.36. The third kappa shape index (κ3) is 4.81. The van der Waals surface area contributed by atoms with Crippen LogP contribution in [0.15, 0.2) is 73.1 Å². The number of H-pyrrole nitrogens is 1. The zero-order valence-electron chi connectivity index (χ0n) is 20.5. The highest BCUT2D eigenvalue weighted by Crippen LogP contribution is 2.29. The normalized spacial score (nSPS) is 13.7. The summed E-state index contributed by atoms with van der Waals surface area (Å²) in [5.74, 6) is 0.830. The van der Waals surface area contributed by atoms with Crippen LogP contribution >= 0.6 is 0 Å². The van der Waals surface area contributed by atoms with Crippen molar-refractivity contribution in [2.24, 2.45) is 7.05 Å². The minimum absolute atomic E-state index is 0.0913. The van der Waals surface area contributed by atoms with Crippen LogP contribution < -0.4 is 10.2 Å². The van der Waals surface area contributed by atoms with Crippen molar-refractivity contribution in [3.05, 3.63) is 78.8 Å². The zero-order chi connectivity index (χ0) is 25.2. The first kappa shape index (κ1) is 22.9. The number of hydrogen-bond acceptors (Lipinski definition) is 6. The van der Waals surface area contributed by atoms with Crippen molar-refractivity contribution in [3.63, 3.8) is 0 Å². The predicted molar refractivity (Wildman–Crippen MR) is 143 cm³/mol. The molecule has 5 aromatic rings. The van der Waals surface area contributed by atoms with E-state index in [-0.39, 0.29) is 12.3 Å². The molecule has 4 heterocycles. The van der Waals surface area contributed by atoms with Crippen molar-refractivity contribution in [1.29, 1.82) is 0 Å². The SMILES string of the molecule is Cn1nc(-c2ccccc2)cc1CC(=O)Nc1ccc(-c2cc3c(N4CCOCC4)ncnc3[nH]2)cc1. The second kappa shape index (κ2) is 9.87. The summed E-state index contributed by atoms with van der Waals surface area (Å²) >= 11 is 0. The van der Waals surface area contributed by atoms with Gasteiger partial charge in [-0.2, -0.15) is 5.10 Å². The average Bonchev–Trinajstić information content (AvgIpc) is 3.53. The van der Waals surface area contributed by atoms with Gasteiger partial charge in [0.05, 0.1) is 30.7 Å². The second-order valence-corrected chi connectivity index (χ2v) is 9.05. The van der Waals surface area contributed by atoms with Gasteiger partial charge in [0.25, 0.3) is 0 Å². The van der Waals surface area contributed by atoms with Gasteiger partial charge in [-0.15, -0.1) is 0 Å². The Hall–Kier alpha value is -4.50. The highest BCUT2D eigenvalue weighted by atomic mass is 16.5. The molecule has 0 unspecified atom stereocenters. The summed E-state index contributed by atoms with van der Waals surface area (Å²) < 4.78 is 7.24. The third-order valence-corrected chi connectivity index (χ3v) is 6.58. The summed E-state index contributed by atoms with van der Waals surface area (Å²) in [5, 5.41) is 8.54. The molecule has 0 aliphatic carbocycles. The Morgan fingerprint density at radius 3 is 2.57 bits per heavy atom. The quantitative estimate of drug-likeness (QED) is 0.370. The maximum Gasteiger partial charge on any atom is 0.230 e. The standard InChI is InChI=1S/C28H27N7O2/c1-34-22(15-25(33-34)19-5-3-2-4-6-19)16-26(36)31-21-9-7-20(8-10-21)24-17-23-27(32-24)29-18-30-28(23)35-11-13-37-14-12-35/h2-10,15,17-18H,11-14,16H2,1H3,(H,31,36)(H,29,30,32). The zero-order valence-corrected chi connectivity index (χ0v) is 20.5. The van der Waals surface area contributed by atoms with Crippen molar-refractivity contribution in [2.45, 2.75) is 6.42 Å². The number of aryl methyl sites for hydroxylation is 1. The molecule has 1 fully saturated rings. The highest BCUT2D eigenvalue weighted by molar-refractivity contribution is 5.94. The molecule has 0 spiro atoms. The van der Waals surface area contributed by atoms with E-state index < -0.39 is 0 Å². The van der Waals surface area contributed by atoms with E-state index in [2.05, 4.69) is 36.3 Å². The van der Waals surface area contributed by atoms with Crippen LogP contribution in [0.1, 0.15) is 5.69 Å². The van der Waals surface area contributed by atoms with Gasteiger partial charge in [0, 0.05) is 42.8 Å². The first-order valence-electron chi connectivity index (χ1n) is 12.3. The van der Waals surface area contributed by atoms with Crippen LogP contribution in [0.3, 0.4) is 0 Å². The number of aromatic amines is 1. The number of benzene rings is 2. The van der Waals surface area contributed by atoms with Crippen LogP contribution in [0.5, 0.6) is 0 Å². The Labute approximate surface area is 214 Å². The summed E-state index contributed by atoms with van der Waals surface area (Å²) in [5.41, 5.74) is 6.23. The number of nitrogens with zero attached hydrogens (tertiary/aromatic N) is 5. The lowest BCUT2D eigenvalue weighted by molar-refractivity contribution is -0.115. The number of fused-ring (bicyclic) bond motifs is 1. The number of carbonyl (C=O) groups is 1. The highest BCUT2D eigenvalue weighted by Gasteiger charge is 2.18. The molecule has 3 aromatic heterocycles. The molecule has 0 atom stereocenters. The van der Waals surface area contributed by atoms with Crippen LogP contribution in [-0.2, 0) is 23.0 Å². The van der Waals surface area contributed by atoms with Crippen LogP contribution in [0, 0.1) is 0 Å². The van der Waals surface area contributed by atoms with Crippen LogP contribution in [0.2, 0.25) is 0 Å². The minimum Gasteiger partial charge on any atom is -0.378 e. The summed E-state index contributed by atoms with van der Waals surface area (Å²) in [6, 6.07) is 21.8. The Balaban J connectivity index is 1.15. The molecule has 9 nitrogen and oxygen atoms in total. The van der Waals surface area contributed by atoms with E-state index in [1.165, 1.54) is 0 Å². The maximum absolute atomic E-state index is 12.8. The van der Waals surface area contributed by atoms with Gasteiger partial charge in [-0.25, -0.2) is 9.97 Å². The van der Waals surface area contributed by atoms with Gasteiger partial charge in [-0.1, -0.05) is 42.5 Å². The largest absolute Gasteiger partial charge is 0.378 e.